The number of nitrogens with zero attached hydrogens (tertiary/aromatic N) is 3. The van der Waals surface area contributed by atoms with E-state index in [1.807, 2.05) is 35.2 Å². The topological polar surface area (TPSA) is 65.5 Å². The zero-order chi connectivity index (χ0) is 19.2. The van der Waals surface area contributed by atoms with E-state index in [2.05, 4.69) is 17.2 Å². The van der Waals surface area contributed by atoms with Gasteiger partial charge in [-0.1, -0.05) is 37.3 Å². The lowest BCUT2D eigenvalue weighted by Gasteiger charge is -2.31. The Morgan fingerprint density at radius 1 is 1.26 bits per heavy atom. The number of anilines is 1. The van der Waals surface area contributed by atoms with Gasteiger partial charge in [0.2, 0.25) is 5.91 Å². The van der Waals surface area contributed by atoms with Gasteiger partial charge < -0.3 is 15.1 Å². The van der Waals surface area contributed by atoms with E-state index in [9.17, 15) is 9.59 Å². The van der Waals surface area contributed by atoms with E-state index >= 15 is 0 Å². The number of nitrogens with one attached hydrogen (secondary N) is 1. The zero-order valence-corrected chi connectivity index (χ0v) is 15.9. The average molecular weight is 366 g/mol. The molecule has 6 nitrogen and oxygen atoms in total. The minimum absolute atomic E-state index is 0.00904. The van der Waals surface area contributed by atoms with Crippen molar-refractivity contribution in [3.05, 3.63) is 59.8 Å². The van der Waals surface area contributed by atoms with Crippen LogP contribution in [-0.2, 0) is 11.3 Å². The van der Waals surface area contributed by atoms with Gasteiger partial charge in [0.05, 0.1) is 0 Å². The fraction of sp³-hybridized carbons (Fsp3) is 0.381. The monoisotopic (exact) mass is 366 g/mol. The molecule has 2 aromatic rings. The van der Waals surface area contributed by atoms with Crippen molar-refractivity contribution < 1.29 is 9.59 Å². The zero-order valence-electron chi connectivity index (χ0n) is 15.9. The average Bonchev–Trinajstić information content (AvgIpc) is 2.87. The third kappa shape index (κ3) is 4.45. The minimum atomic E-state index is -0.0540. The van der Waals surface area contributed by atoms with Crippen LogP contribution in [0.25, 0.3) is 0 Å². The van der Waals surface area contributed by atoms with Gasteiger partial charge in [0, 0.05) is 50.9 Å². The fourth-order valence-corrected chi connectivity index (χ4v) is 3.44. The molecule has 1 atom stereocenters. The molecule has 0 saturated carbocycles. The largest absolute Gasteiger partial charge is 0.373 e. The molecular formula is C21H26N4O2. The summed E-state index contributed by atoms with van der Waals surface area (Å²) in [5, 5.41) is 2.95. The normalized spacial score (nSPS) is 17.6. The quantitative estimate of drug-likeness (QED) is 0.884. The maximum atomic E-state index is 13.0. The van der Waals surface area contributed by atoms with Crippen LogP contribution in [-0.4, -0.2) is 52.8 Å². The van der Waals surface area contributed by atoms with Gasteiger partial charge in [0.25, 0.3) is 5.91 Å². The molecule has 1 aromatic carbocycles. The van der Waals surface area contributed by atoms with Crippen molar-refractivity contribution in [2.24, 2.45) is 0 Å². The number of pyridine rings is 1. The molecule has 0 radical (unpaired) electrons. The van der Waals surface area contributed by atoms with Crippen molar-refractivity contribution in [3.63, 3.8) is 0 Å². The summed E-state index contributed by atoms with van der Waals surface area (Å²) in [6.07, 6.45) is 2.78. The summed E-state index contributed by atoms with van der Waals surface area (Å²) in [5.74, 6) is 0.706. The first-order valence-corrected chi connectivity index (χ1v) is 9.38. The second kappa shape index (κ2) is 8.66. The van der Waals surface area contributed by atoms with Crippen LogP contribution in [0, 0.1) is 0 Å². The number of amides is 2. The highest BCUT2D eigenvalue weighted by Gasteiger charge is 2.31. The van der Waals surface area contributed by atoms with Gasteiger partial charge in [0.15, 0.2) is 0 Å². The second-order valence-corrected chi connectivity index (χ2v) is 6.75. The second-order valence-electron chi connectivity index (χ2n) is 6.75. The summed E-state index contributed by atoms with van der Waals surface area (Å²) in [6, 6.07) is 13.5. The highest BCUT2D eigenvalue weighted by molar-refractivity contribution is 5.95. The van der Waals surface area contributed by atoms with E-state index < -0.39 is 0 Å². The third-order valence-electron chi connectivity index (χ3n) is 5.01. The van der Waals surface area contributed by atoms with Gasteiger partial charge in [-0.05, 0) is 24.1 Å². The van der Waals surface area contributed by atoms with Crippen LogP contribution >= 0.6 is 0 Å². The first-order chi connectivity index (χ1) is 13.1. The Bertz CT molecular complexity index is 794. The SMILES string of the molecule is CC[C@H]1CN(C(=O)c2ccnc(NC)c2)CCC(=O)N1Cc1ccccc1. The van der Waals surface area contributed by atoms with Gasteiger partial charge in [0.1, 0.15) is 5.82 Å². The molecule has 3 rings (SSSR count). The summed E-state index contributed by atoms with van der Waals surface area (Å²) in [4.78, 5) is 33.6. The van der Waals surface area contributed by atoms with E-state index in [1.54, 1.807) is 30.3 Å². The number of carbonyl (C=O) groups excluding carboxylic acids is 2. The molecule has 0 unspecified atom stereocenters. The maximum absolute atomic E-state index is 13.0. The molecular weight excluding hydrogens is 340 g/mol. The van der Waals surface area contributed by atoms with Crippen LogP contribution in [0.5, 0.6) is 0 Å². The molecule has 1 aliphatic rings. The Morgan fingerprint density at radius 2 is 2.04 bits per heavy atom. The minimum Gasteiger partial charge on any atom is -0.373 e. The van der Waals surface area contributed by atoms with Gasteiger partial charge >= 0.3 is 0 Å². The van der Waals surface area contributed by atoms with Crippen molar-refractivity contribution in [2.75, 3.05) is 25.5 Å². The summed E-state index contributed by atoms with van der Waals surface area (Å²) >= 11 is 0. The van der Waals surface area contributed by atoms with Gasteiger partial charge in [-0.2, -0.15) is 0 Å². The summed E-state index contributed by atoms with van der Waals surface area (Å²) in [7, 11) is 1.77. The number of hydrogen-bond donors (Lipinski definition) is 1. The lowest BCUT2D eigenvalue weighted by Crippen LogP contribution is -2.43. The Hall–Kier alpha value is -2.89. The third-order valence-corrected chi connectivity index (χ3v) is 5.01. The summed E-state index contributed by atoms with van der Waals surface area (Å²) in [5.41, 5.74) is 1.70. The first-order valence-electron chi connectivity index (χ1n) is 9.38. The van der Waals surface area contributed by atoms with E-state index in [0.29, 0.717) is 37.4 Å². The molecule has 1 N–H and O–H groups in total. The Morgan fingerprint density at radius 3 is 2.74 bits per heavy atom. The summed E-state index contributed by atoms with van der Waals surface area (Å²) in [6.45, 7) is 3.64. The first kappa shape index (κ1) is 18.9. The van der Waals surface area contributed by atoms with Crippen LogP contribution in [0.3, 0.4) is 0 Å². The number of hydrogen-bond acceptors (Lipinski definition) is 4. The molecule has 1 fully saturated rings. The van der Waals surface area contributed by atoms with E-state index in [-0.39, 0.29) is 17.9 Å². The Balaban J connectivity index is 1.78. The molecule has 6 heteroatoms. The molecule has 1 aliphatic heterocycles. The van der Waals surface area contributed by atoms with Crippen molar-refractivity contribution >= 4 is 17.6 Å². The van der Waals surface area contributed by atoms with Crippen LogP contribution in [0.15, 0.2) is 48.7 Å². The highest BCUT2D eigenvalue weighted by atomic mass is 16.2. The molecule has 0 aliphatic carbocycles. The van der Waals surface area contributed by atoms with Crippen LogP contribution < -0.4 is 5.32 Å². The van der Waals surface area contributed by atoms with Crippen LogP contribution in [0.1, 0.15) is 35.7 Å². The standard InChI is InChI=1S/C21H26N4O2/c1-3-18-15-24(21(27)17-9-11-23-19(13-17)22-2)12-10-20(26)25(18)14-16-7-5-4-6-8-16/h4-9,11,13,18H,3,10,12,14-15H2,1-2H3,(H,22,23)/t18-/m0/s1. The predicted octanol–water partition coefficient (Wildman–Crippen LogP) is 2.78. The number of rotatable bonds is 5. The lowest BCUT2D eigenvalue weighted by molar-refractivity contribution is -0.133. The number of benzene rings is 1. The van der Waals surface area contributed by atoms with E-state index in [1.165, 1.54) is 0 Å². The predicted molar refractivity (Wildman–Crippen MR) is 105 cm³/mol. The molecule has 0 bridgehead atoms. The van der Waals surface area contributed by atoms with E-state index in [4.69, 9.17) is 0 Å². The summed E-state index contributed by atoms with van der Waals surface area (Å²) < 4.78 is 0. The number of carbonyl (C=O) groups is 2. The van der Waals surface area contributed by atoms with Crippen molar-refractivity contribution in [3.8, 4) is 0 Å². The lowest BCUT2D eigenvalue weighted by atomic mass is 10.1. The molecule has 2 amide bonds. The molecule has 142 valence electrons. The van der Waals surface area contributed by atoms with Gasteiger partial charge in [-0.3, -0.25) is 9.59 Å². The van der Waals surface area contributed by atoms with Crippen molar-refractivity contribution in [2.45, 2.75) is 32.4 Å². The number of aromatic nitrogens is 1. The van der Waals surface area contributed by atoms with E-state index in [0.717, 1.165) is 12.0 Å². The van der Waals surface area contributed by atoms with Gasteiger partial charge in [-0.15, -0.1) is 0 Å². The maximum Gasteiger partial charge on any atom is 0.254 e. The van der Waals surface area contributed by atoms with Gasteiger partial charge in [-0.25, -0.2) is 4.98 Å². The van der Waals surface area contributed by atoms with Crippen LogP contribution in [0.4, 0.5) is 5.82 Å². The molecule has 1 saturated heterocycles. The fourth-order valence-electron chi connectivity index (χ4n) is 3.44. The molecule has 0 spiro atoms. The van der Waals surface area contributed by atoms with Crippen molar-refractivity contribution in [1.82, 2.24) is 14.8 Å². The van der Waals surface area contributed by atoms with Crippen LogP contribution in [0.2, 0.25) is 0 Å². The molecule has 2 heterocycles. The molecule has 27 heavy (non-hydrogen) atoms. The van der Waals surface area contributed by atoms with Crippen molar-refractivity contribution in [1.29, 1.82) is 0 Å². The highest BCUT2D eigenvalue weighted by Crippen LogP contribution is 2.20. The molecule has 1 aromatic heterocycles. The Kier molecular flexibility index (Phi) is 6.06. The Labute approximate surface area is 160 Å². The smallest absolute Gasteiger partial charge is 0.254 e.